The predicted molar refractivity (Wildman–Crippen MR) is 92.7 cm³/mol. The Kier molecular flexibility index (Phi) is 4.51. The van der Waals surface area contributed by atoms with E-state index in [1.165, 1.54) is 7.11 Å². The summed E-state index contributed by atoms with van der Waals surface area (Å²) in [6.45, 7) is 2.14. The van der Waals surface area contributed by atoms with Crippen molar-refractivity contribution in [2.24, 2.45) is 0 Å². The molecule has 2 aromatic carbocycles. The number of carbonyl (C=O) groups excluding carboxylic acids is 1. The molecule has 0 radical (unpaired) electrons. The maximum atomic E-state index is 11.7. The van der Waals surface area contributed by atoms with Crippen LogP contribution in [0.5, 0.6) is 5.75 Å². The lowest BCUT2D eigenvalue weighted by Crippen LogP contribution is -2.02. The molecule has 0 amide bonds. The highest BCUT2D eigenvalue weighted by molar-refractivity contribution is 5.94. The maximum absolute atomic E-state index is 11.7. The second-order valence-electron chi connectivity index (χ2n) is 5.68. The molecule has 1 heterocycles. The Morgan fingerprint density at radius 1 is 1.21 bits per heavy atom. The van der Waals surface area contributed by atoms with E-state index in [0.717, 1.165) is 41.8 Å². The van der Waals surface area contributed by atoms with Gasteiger partial charge in [0.15, 0.2) is 0 Å². The fourth-order valence-corrected chi connectivity index (χ4v) is 2.77. The van der Waals surface area contributed by atoms with Gasteiger partial charge in [0.25, 0.3) is 0 Å². The van der Waals surface area contributed by atoms with Gasteiger partial charge in [0, 0.05) is 12.1 Å². The third kappa shape index (κ3) is 2.97. The highest BCUT2D eigenvalue weighted by Gasteiger charge is 2.15. The van der Waals surface area contributed by atoms with Crippen LogP contribution in [0.2, 0.25) is 0 Å². The Morgan fingerprint density at radius 2 is 1.96 bits per heavy atom. The molecule has 0 bridgehead atoms. The zero-order valence-corrected chi connectivity index (χ0v) is 13.8. The monoisotopic (exact) mass is 324 g/mol. The molecule has 0 saturated carbocycles. The number of methoxy groups -OCH3 is 1. The van der Waals surface area contributed by atoms with Crippen LogP contribution in [0.1, 0.15) is 35.9 Å². The van der Waals surface area contributed by atoms with E-state index in [9.17, 15) is 9.90 Å². The molecule has 0 aliphatic rings. The summed E-state index contributed by atoms with van der Waals surface area (Å²) >= 11 is 0. The third-order valence-corrected chi connectivity index (χ3v) is 4.01. The first-order valence-corrected chi connectivity index (χ1v) is 8.03. The SMILES string of the molecule is CCCCc1nc2cc(C(=O)OC)ccc2n1-c1ccc(O)cc1. The second kappa shape index (κ2) is 6.74. The second-order valence-corrected chi connectivity index (χ2v) is 5.68. The number of carbonyl (C=O) groups is 1. The molecule has 1 aromatic heterocycles. The number of benzene rings is 2. The number of aryl methyl sites for hydroxylation is 1. The lowest BCUT2D eigenvalue weighted by atomic mass is 10.2. The van der Waals surface area contributed by atoms with Crippen molar-refractivity contribution in [3.63, 3.8) is 0 Å². The molecule has 1 N–H and O–H groups in total. The van der Waals surface area contributed by atoms with Gasteiger partial charge in [0.05, 0.1) is 23.7 Å². The van der Waals surface area contributed by atoms with E-state index in [1.54, 1.807) is 24.3 Å². The van der Waals surface area contributed by atoms with E-state index in [0.29, 0.717) is 5.56 Å². The number of phenols is 1. The quantitative estimate of drug-likeness (QED) is 0.724. The summed E-state index contributed by atoms with van der Waals surface area (Å²) in [5, 5.41) is 9.53. The number of ether oxygens (including phenoxy) is 1. The molecule has 24 heavy (non-hydrogen) atoms. The number of phenolic OH excluding ortho intramolecular Hbond substituents is 1. The van der Waals surface area contributed by atoms with E-state index in [2.05, 4.69) is 11.5 Å². The minimum Gasteiger partial charge on any atom is -0.508 e. The molecular weight excluding hydrogens is 304 g/mol. The number of aromatic hydroxyl groups is 1. The van der Waals surface area contributed by atoms with Crippen LogP contribution in [0.4, 0.5) is 0 Å². The van der Waals surface area contributed by atoms with Gasteiger partial charge in [-0.25, -0.2) is 9.78 Å². The molecule has 5 heteroatoms. The molecule has 0 spiro atoms. The molecule has 0 saturated heterocycles. The van der Waals surface area contributed by atoms with Gasteiger partial charge in [0.2, 0.25) is 0 Å². The van der Waals surface area contributed by atoms with Gasteiger partial charge in [0.1, 0.15) is 11.6 Å². The minimum absolute atomic E-state index is 0.228. The summed E-state index contributed by atoms with van der Waals surface area (Å²) in [4.78, 5) is 16.5. The predicted octanol–water partition coefficient (Wildman–Crippen LogP) is 3.86. The number of imidazole rings is 1. The molecule has 3 aromatic rings. The highest BCUT2D eigenvalue weighted by atomic mass is 16.5. The molecule has 0 aliphatic heterocycles. The van der Waals surface area contributed by atoms with Crippen LogP contribution in [0.25, 0.3) is 16.7 Å². The third-order valence-electron chi connectivity index (χ3n) is 4.01. The number of nitrogens with zero attached hydrogens (tertiary/aromatic N) is 2. The van der Waals surface area contributed by atoms with Crippen LogP contribution in [-0.4, -0.2) is 27.7 Å². The summed E-state index contributed by atoms with van der Waals surface area (Å²) in [5.74, 6) is 0.803. The van der Waals surface area contributed by atoms with Crippen molar-refractivity contribution in [1.29, 1.82) is 0 Å². The van der Waals surface area contributed by atoms with Crippen molar-refractivity contribution in [3.8, 4) is 11.4 Å². The first-order chi connectivity index (χ1) is 11.6. The van der Waals surface area contributed by atoms with E-state index in [1.807, 2.05) is 18.2 Å². The molecule has 0 unspecified atom stereocenters. The van der Waals surface area contributed by atoms with E-state index < -0.39 is 0 Å². The molecule has 124 valence electrons. The number of aromatic nitrogens is 2. The van der Waals surface area contributed by atoms with Gasteiger partial charge >= 0.3 is 5.97 Å². The maximum Gasteiger partial charge on any atom is 0.337 e. The number of esters is 1. The van der Waals surface area contributed by atoms with Crippen molar-refractivity contribution in [2.45, 2.75) is 26.2 Å². The Morgan fingerprint density at radius 3 is 2.62 bits per heavy atom. The Labute approximate surface area is 140 Å². The van der Waals surface area contributed by atoms with Gasteiger partial charge in [-0.1, -0.05) is 13.3 Å². The Hall–Kier alpha value is -2.82. The van der Waals surface area contributed by atoms with E-state index in [4.69, 9.17) is 9.72 Å². The first-order valence-electron chi connectivity index (χ1n) is 8.03. The number of rotatable bonds is 5. The molecule has 0 aliphatic carbocycles. The minimum atomic E-state index is -0.369. The average molecular weight is 324 g/mol. The molecule has 5 nitrogen and oxygen atoms in total. The van der Waals surface area contributed by atoms with E-state index >= 15 is 0 Å². The molecule has 0 atom stereocenters. The lowest BCUT2D eigenvalue weighted by molar-refractivity contribution is 0.0601. The lowest BCUT2D eigenvalue weighted by Gasteiger charge is -2.09. The van der Waals surface area contributed by atoms with Crippen LogP contribution < -0.4 is 0 Å². The summed E-state index contributed by atoms with van der Waals surface area (Å²) in [6, 6.07) is 12.4. The summed E-state index contributed by atoms with van der Waals surface area (Å²) in [7, 11) is 1.37. The summed E-state index contributed by atoms with van der Waals surface area (Å²) in [6.07, 6.45) is 2.96. The number of fused-ring (bicyclic) bond motifs is 1. The van der Waals surface area contributed by atoms with Crippen LogP contribution in [0.3, 0.4) is 0 Å². The van der Waals surface area contributed by atoms with E-state index in [-0.39, 0.29) is 11.7 Å². The van der Waals surface area contributed by atoms with Crippen molar-refractivity contribution < 1.29 is 14.6 Å². The van der Waals surface area contributed by atoms with Crippen LogP contribution in [0.15, 0.2) is 42.5 Å². The molecule has 3 rings (SSSR count). The summed E-state index contributed by atoms with van der Waals surface area (Å²) < 4.78 is 6.86. The average Bonchev–Trinajstić information content (AvgIpc) is 2.97. The van der Waals surface area contributed by atoms with Gasteiger partial charge in [-0.3, -0.25) is 4.57 Å². The topological polar surface area (TPSA) is 64.3 Å². The summed E-state index contributed by atoms with van der Waals surface area (Å²) in [5.41, 5.74) is 3.12. The number of unbranched alkanes of at least 4 members (excludes halogenated alkanes) is 1. The number of hydrogen-bond acceptors (Lipinski definition) is 4. The van der Waals surface area contributed by atoms with Crippen molar-refractivity contribution in [3.05, 3.63) is 53.9 Å². The van der Waals surface area contributed by atoms with Crippen LogP contribution in [0, 0.1) is 0 Å². The smallest absolute Gasteiger partial charge is 0.337 e. The van der Waals surface area contributed by atoms with Gasteiger partial charge in [-0.2, -0.15) is 0 Å². The first kappa shape index (κ1) is 16.1. The molecular formula is C19H20N2O3. The van der Waals surface area contributed by atoms with Crippen molar-refractivity contribution in [2.75, 3.05) is 7.11 Å². The fourth-order valence-electron chi connectivity index (χ4n) is 2.77. The number of hydrogen-bond donors (Lipinski definition) is 1. The zero-order valence-electron chi connectivity index (χ0n) is 13.8. The van der Waals surface area contributed by atoms with Gasteiger partial charge in [-0.05, 0) is 48.9 Å². The Balaban J connectivity index is 2.16. The standard InChI is InChI=1S/C19H20N2O3/c1-3-4-5-18-20-16-12-13(19(23)24-2)6-11-17(16)21(18)14-7-9-15(22)10-8-14/h6-12,22H,3-5H2,1-2H3. The van der Waals surface area contributed by atoms with Crippen molar-refractivity contribution >= 4 is 17.0 Å². The zero-order chi connectivity index (χ0) is 17.1. The van der Waals surface area contributed by atoms with Gasteiger partial charge < -0.3 is 9.84 Å². The van der Waals surface area contributed by atoms with Crippen molar-refractivity contribution in [1.82, 2.24) is 9.55 Å². The fraction of sp³-hybridized carbons (Fsp3) is 0.263. The van der Waals surface area contributed by atoms with Crippen LogP contribution >= 0.6 is 0 Å². The largest absolute Gasteiger partial charge is 0.508 e. The highest BCUT2D eigenvalue weighted by Crippen LogP contribution is 2.25. The van der Waals surface area contributed by atoms with Gasteiger partial charge in [-0.15, -0.1) is 0 Å². The van der Waals surface area contributed by atoms with Crippen LogP contribution in [-0.2, 0) is 11.2 Å². The Bertz CT molecular complexity index is 866. The normalized spacial score (nSPS) is 10.9. The molecule has 0 fully saturated rings.